The predicted octanol–water partition coefficient (Wildman–Crippen LogP) is 2.70. The molecule has 1 aromatic carbocycles. The van der Waals surface area contributed by atoms with E-state index in [4.69, 9.17) is 0 Å². The molecule has 1 unspecified atom stereocenters. The van der Waals surface area contributed by atoms with Crippen LogP contribution in [0.25, 0.3) is 16.9 Å². The van der Waals surface area contributed by atoms with Crippen molar-refractivity contribution in [1.29, 1.82) is 0 Å². The number of benzene rings is 1. The van der Waals surface area contributed by atoms with Crippen molar-refractivity contribution in [3.05, 3.63) is 59.8 Å². The summed E-state index contributed by atoms with van der Waals surface area (Å²) in [5.41, 5.74) is 3.89. The first-order valence-electron chi connectivity index (χ1n) is 9.41. The maximum Gasteiger partial charge on any atom is 0.251 e. The first-order valence-corrected chi connectivity index (χ1v) is 9.41. The summed E-state index contributed by atoms with van der Waals surface area (Å²) in [4.78, 5) is 21.5. The van der Waals surface area contributed by atoms with Gasteiger partial charge in [-0.1, -0.05) is 13.0 Å². The Kier molecular flexibility index (Phi) is 6.16. The lowest BCUT2D eigenvalue weighted by molar-refractivity contribution is 0.0922. The Morgan fingerprint density at radius 2 is 2.07 bits per heavy atom. The molecule has 0 saturated heterocycles. The quantitative estimate of drug-likeness (QED) is 0.658. The average molecular weight is 379 g/mol. The van der Waals surface area contributed by atoms with Gasteiger partial charge < -0.3 is 10.4 Å². The van der Waals surface area contributed by atoms with E-state index in [-0.39, 0.29) is 18.6 Å². The van der Waals surface area contributed by atoms with Crippen molar-refractivity contribution in [2.24, 2.45) is 0 Å². The number of hydrogen-bond donors (Lipinski definition) is 2. The zero-order chi connectivity index (χ0) is 20.1. The van der Waals surface area contributed by atoms with Crippen LogP contribution >= 0.6 is 0 Å². The summed E-state index contributed by atoms with van der Waals surface area (Å²) in [6.07, 6.45) is 5.05. The molecule has 7 heteroatoms. The minimum Gasteiger partial charge on any atom is -0.394 e. The van der Waals surface area contributed by atoms with Crippen LogP contribution in [0, 0.1) is 6.92 Å². The van der Waals surface area contributed by atoms with Crippen LogP contribution < -0.4 is 5.32 Å². The van der Waals surface area contributed by atoms with E-state index in [0.717, 1.165) is 41.2 Å². The van der Waals surface area contributed by atoms with Gasteiger partial charge in [-0.2, -0.15) is 5.10 Å². The molecular formula is C21H25N5O2. The number of nitrogens with one attached hydrogen (secondary N) is 1. The fraction of sp³-hybridized carbons (Fsp3) is 0.333. The molecule has 0 radical (unpaired) electrons. The summed E-state index contributed by atoms with van der Waals surface area (Å²) in [5, 5.41) is 16.4. The van der Waals surface area contributed by atoms with Crippen LogP contribution in [0.4, 0.5) is 0 Å². The van der Waals surface area contributed by atoms with Crippen LogP contribution in [0.3, 0.4) is 0 Å². The number of rotatable bonds is 7. The number of carbonyl (C=O) groups is 1. The Balaban J connectivity index is 2.09. The number of amides is 1. The van der Waals surface area contributed by atoms with Crippen molar-refractivity contribution >= 4 is 5.91 Å². The summed E-state index contributed by atoms with van der Waals surface area (Å²) >= 11 is 0. The van der Waals surface area contributed by atoms with E-state index in [1.165, 1.54) is 6.33 Å². The Morgan fingerprint density at radius 3 is 2.75 bits per heavy atom. The molecule has 2 N–H and O–H groups in total. The Labute approximate surface area is 164 Å². The molecule has 0 aliphatic carbocycles. The van der Waals surface area contributed by atoms with Crippen molar-refractivity contribution < 1.29 is 9.90 Å². The molecule has 1 amide bonds. The van der Waals surface area contributed by atoms with E-state index >= 15 is 0 Å². The van der Waals surface area contributed by atoms with Gasteiger partial charge in [0.05, 0.1) is 18.0 Å². The highest BCUT2D eigenvalue weighted by molar-refractivity contribution is 5.96. The second-order valence-electron chi connectivity index (χ2n) is 6.88. The molecule has 0 saturated carbocycles. The van der Waals surface area contributed by atoms with Gasteiger partial charge in [0.25, 0.3) is 5.91 Å². The molecule has 1 atom stereocenters. The van der Waals surface area contributed by atoms with Gasteiger partial charge >= 0.3 is 0 Å². The summed E-state index contributed by atoms with van der Waals surface area (Å²) in [6.45, 7) is 5.69. The van der Waals surface area contributed by atoms with Crippen molar-refractivity contribution in [3.63, 3.8) is 0 Å². The smallest absolute Gasteiger partial charge is 0.251 e. The Morgan fingerprint density at radius 1 is 1.25 bits per heavy atom. The molecule has 0 aliphatic heterocycles. The van der Waals surface area contributed by atoms with Gasteiger partial charge in [0.2, 0.25) is 0 Å². The lowest BCUT2D eigenvalue weighted by Gasteiger charge is -2.14. The fourth-order valence-corrected chi connectivity index (χ4v) is 2.88. The predicted molar refractivity (Wildman–Crippen MR) is 107 cm³/mol. The number of carbonyl (C=O) groups excluding carboxylic acids is 1. The summed E-state index contributed by atoms with van der Waals surface area (Å²) in [7, 11) is 0. The maximum atomic E-state index is 12.7. The highest BCUT2D eigenvalue weighted by Crippen LogP contribution is 2.24. The van der Waals surface area contributed by atoms with Gasteiger partial charge in [-0.25, -0.2) is 9.67 Å². The summed E-state index contributed by atoms with van der Waals surface area (Å²) < 4.78 is 1.76. The number of pyridine rings is 1. The topological polar surface area (TPSA) is 92.9 Å². The Bertz CT molecular complexity index is 950. The Hall–Kier alpha value is -3.06. The number of aliphatic hydroxyl groups excluding tert-OH is 1. The molecule has 2 heterocycles. The van der Waals surface area contributed by atoms with Crippen LogP contribution in [-0.2, 0) is 6.42 Å². The van der Waals surface area contributed by atoms with Crippen LogP contribution in [0.15, 0.2) is 42.9 Å². The van der Waals surface area contributed by atoms with Crippen molar-refractivity contribution in [2.75, 3.05) is 6.61 Å². The SMILES string of the molecule is CCCc1ncnn1-c1cc(C(=O)NC(C)CO)cc(-c2ccc(C)cn2)c1. The van der Waals surface area contributed by atoms with Crippen molar-refractivity contribution in [3.8, 4) is 16.9 Å². The van der Waals surface area contributed by atoms with Gasteiger partial charge in [0.1, 0.15) is 12.2 Å². The van der Waals surface area contributed by atoms with E-state index in [9.17, 15) is 9.90 Å². The molecular weight excluding hydrogens is 354 g/mol. The normalized spacial score (nSPS) is 12.0. The largest absolute Gasteiger partial charge is 0.394 e. The van der Waals surface area contributed by atoms with E-state index in [1.807, 2.05) is 25.1 Å². The first-order chi connectivity index (χ1) is 13.5. The number of nitrogens with zero attached hydrogens (tertiary/aromatic N) is 4. The second kappa shape index (κ2) is 8.75. The van der Waals surface area contributed by atoms with E-state index in [0.29, 0.717) is 5.56 Å². The lowest BCUT2D eigenvalue weighted by atomic mass is 10.0. The first kappa shape index (κ1) is 19.7. The van der Waals surface area contributed by atoms with Crippen molar-refractivity contribution in [2.45, 2.75) is 39.7 Å². The molecule has 0 spiro atoms. The summed E-state index contributed by atoms with van der Waals surface area (Å²) in [5.74, 6) is 0.584. The zero-order valence-corrected chi connectivity index (χ0v) is 16.4. The monoisotopic (exact) mass is 379 g/mol. The van der Waals surface area contributed by atoms with Crippen LogP contribution in [0.2, 0.25) is 0 Å². The highest BCUT2D eigenvalue weighted by Gasteiger charge is 2.15. The van der Waals surface area contributed by atoms with Crippen LogP contribution in [0.1, 0.15) is 42.0 Å². The number of aliphatic hydroxyl groups is 1. The third-order valence-electron chi connectivity index (χ3n) is 4.37. The molecule has 0 aliphatic rings. The minimum absolute atomic E-state index is 0.123. The second-order valence-corrected chi connectivity index (χ2v) is 6.88. The number of aryl methyl sites for hydroxylation is 2. The number of aromatic nitrogens is 4. The standard InChI is InChI=1S/C21H25N5O2/c1-4-5-20-23-13-24-26(20)18-9-16(19-7-6-14(2)11-22-19)8-17(10-18)21(28)25-15(3)12-27/h6-11,13,15,27H,4-5,12H2,1-3H3,(H,25,28). The zero-order valence-electron chi connectivity index (χ0n) is 16.4. The molecule has 7 nitrogen and oxygen atoms in total. The fourth-order valence-electron chi connectivity index (χ4n) is 2.88. The lowest BCUT2D eigenvalue weighted by Crippen LogP contribution is -2.35. The van der Waals surface area contributed by atoms with Gasteiger partial charge in [0, 0.05) is 29.8 Å². The molecule has 0 fully saturated rings. The van der Waals surface area contributed by atoms with Gasteiger partial charge in [-0.3, -0.25) is 9.78 Å². The van der Waals surface area contributed by atoms with E-state index in [2.05, 4.69) is 27.3 Å². The molecule has 3 aromatic rings. The van der Waals surface area contributed by atoms with Gasteiger partial charge in [-0.15, -0.1) is 0 Å². The third-order valence-corrected chi connectivity index (χ3v) is 4.37. The third kappa shape index (κ3) is 4.43. The highest BCUT2D eigenvalue weighted by atomic mass is 16.3. The van der Waals surface area contributed by atoms with Gasteiger partial charge in [-0.05, 0) is 50.1 Å². The molecule has 0 bridgehead atoms. The van der Waals surface area contributed by atoms with Crippen LogP contribution in [-0.4, -0.2) is 43.4 Å². The van der Waals surface area contributed by atoms with Crippen molar-refractivity contribution in [1.82, 2.24) is 25.1 Å². The molecule has 2 aromatic heterocycles. The molecule has 28 heavy (non-hydrogen) atoms. The van der Waals surface area contributed by atoms with Gasteiger partial charge in [0.15, 0.2) is 0 Å². The number of hydrogen-bond acceptors (Lipinski definition) is 5. The minimum atomic E-state index is -0.334. The van der Waals surface area contributed by atoms with E-state index < -0.39 is 0 Å². The molecule has 146 valence electrons. The van der Waals surface area contributed by atoms with Crippen LogP contribution in [0.5, 0.6) is 0 Å². The maximum absolute atomic E-state index is 12.7. The molecule has 3 rings (SSSR count). The van der Waals surface area contributed by atoms with E-state index in [1.54, 1.807) is 29.9 Å². The summed E-state index contributed by atoms with van der Waals surface area (Å²) in [6, 6.07) is 9.13. The average Bonchev–Trinajstić information content (AvgIpc) is 3.16.